The van der Waals surface area contributed by atoms with Crippen LogP contribution in [0.25, 0.3) is 0 Å². The van der Waals surface area contributed by atoms with Crippen molar-refractivity contribution >= 4 is 17.3 Å². The highest BCUT2D eigenvalue weighted by Gasteiger charge is 2.30. The molecule has 1 heterocycles. The van der Waals surface area contributed by atoms with Crippen molar-refractivity contribution in [3.8, 4) is 0 Å². The van der Waals surface area contributed by atoms with E-state index in [1.807, 2.05) is 0 Å². The van der Waals surface area contributed by atoms with Gasteiger partial charge in [0.1, 0.15) is 5.82 Å². The number of pyridine rings is 1. The Morgan fingerprint density at radius 2 is 1.96 bits per heavy atom. The van der Waals surface area contributed by atoms with E-state index in [0.717, 1.165) is 12.1 Å². The van der Waals surface area contributed by atoms with Crippen LogP contribution in [0.15, 0.2) is 36.4 Å². The standard InChI is InChI=1S/C15H15F3N4O3/c16-15(17,18)11-3-1-2-10(8-11)9-20-13-5-4-12(22(24)25)14(21-13)19-6-7-23/h1-5,8,23H,6-7,9H2,(H2,19,20,21). The summed E-state index contributed by atoms with van der Waals surface area (Å²) < 4.78 is 38.1. The molecule has 0 aliphatic rings. The van der Waals surface area contributed by atoms with Gasteiger partial charge in [0.2, 0.25) is 5.82 Å². The monoisotopic (exact) mass is 356 g/mol. The number of hydrogen-bond donors (Lipinski definition) is 3. The fourth-order valence-corrected chi connectivity index (χ4v) is 2.05. The lowest BCUT2D eigenvalue weighted by Gasteiger charge is -2.11. The minimum absolute atomic E-state index is 0.0342. The maximum Gasteiger partial charge on any atom is 0.416 e. The molecule has 1 aromatic carbocycles. The maximum atomic E-state index is 12.7. The van der Waals surface area contributed by atoms with E-state index in [1.165, 1.54) is 24.3 Å². The number of nitrogens with zero attached hydrogens (tertiary/aromatic N) is 2. The summed E-state index contributed by atoms with van der Waals surface area (Å²) in [6, 6.07) is 7.40. The maximum absolute atomic E-state index is 12.7. The number of nitro groups is 1. The molecule has 0 atom stereocenters. The third-order valence-corrected chi connectivity index (χ3v) is 3.20. The molecule has 1 aromatic heterocycles. The molecule has 0 unspecified atom stereocenters. The van der Waals surface area contributed by atoms with Crippen LogP contribution in [0.1, 0.15) is 11.1 Å². The molecule has 7 nitrogen and oxygen atoms in total. The van der Waals surface area contributed by atoms with Crippen molar-refractivity contribution in [1.82, 2.24) is 4.98 Å². The lowest BCUT2D eigenvalue weighted by atomic mass is 10.1. The highest BCUT2D eigenvalue weighted by molar-refractivity contribution is 5.60. The Morgan fingerprint density at radius 1 is 1.20 bits per heavy atom. The van der Waals surface area contributed by atoms with Gasteiger partial charge >= 0.3 is 11.9 Å². The van der Waals surface area contributed by atoms with E-state index >= 15 is 0 Å². The summed E-state index contributed by atoms with van der Waals surface area (Å²) in [7, 11) is 0. The Morgan fingerprint density at radius 3 is 2.60 bits per heavy atom. The number of benzene rings is 1. The Kier molecular flexibility index (Phi) is 5.75. The van der Waals surface area contributed by atoms with Gasteiger partial charge in [-0.3, -0.25) is 10.1 Å². The van der Waals surface area contributed by atoms with Crippen LogP contribution in [0.5, 0.6) is 0 Å². The van der Waals surface area contributed by atoms with Crippen molar-refractivity contribution < 1.29 is 23.2 Å². The van der Waals surface area contributed by atoms with Gasteiger partial charge in [-0.1, -0.05) is 12.1 Å². The average Bonchev–Trinajstić information content (AvgIpc) is 2.57. The number of aliphatic hydroxyl groups is 1. The fraction of sp³-hybridized carbons (Fsp3) is 0.267. The first kappa shape index (κ1) is 18.5. The molecule has 0 saturated heterocycles. The summed E-state index contributed by atoms with van der Waals surface area (Å²) in [4.78, 5) is 14.3. The van der Waals surface area contributed by atoms with Crippen LogP contribution in [0.3, 0.4) is 0 Å². The molecular weight excluding hydrogens is 341 g/mol. The molecule has 134 valence electrons. The van der Waals surface area contributed by atoms with Gasteiger partial charge in [0.25, 0.3) is 0 Å². The predicted octanol–water partition coefficient (Wildman–Crippen LogP) is 3.02. The Balaban J connectivity index is 2.14. The first-order valence-corrected chi connectivity index (χ1v) is 7.21. The molecule has 0 amide bonds. The second kappa shape index (κ2) is 7.79. The van der Waals surface area contributed by atoms with Crippen molar-refractivity contribution in [2.24, 2.45) is 0 Å². The van der Waals surface area contributed by atoms with E-state index in [-0.39, 0.29) is 37.0 Å². The Bertz CT molecular complexity index is 753. The molecule has 0 fully saturated rings. The second-order valence-electron chi connectivity index (χ2n) is 5.02. The van der Waals surface area contributed by atoms with Crippen LogP contribution in [0.4, 0.5) is 30.5 Å². The molecule has 0 radical (unpaired) electrons. The number of aromatic nitrogens is 1. The van der Waals surface area contributed by atoms with E-state index in [4.69, 9.17) is 5.11 Å². The first-order valence-electron chi connectivity index (χ1n) is 7.21. The van der Waals surface area contributed by atoms with E-state index < -0.39 is 16.7 Å². The van der Waals surface area contributed by atoms with Gasteiger partial charge in [0.15, 0.2) is 0 Å². The van der Waals surface area contributed by atoms with Crippen LogP contribution >= 0.6 is 0 Å². The molecule has 0 saturated carbocycles. The van der Waals surface area contributed by atoms with Gasteiger partial charge in [0, 0.05) is 19.2 Å². The lowest BCUT2D eigenvalue weighted by molar-refractivity contribution is -0.384. The largest absolute Gasteiger partial charge is 0.416 e. The topological polar surface area (TPSA) is 100 Å². The van der Waals surface area contributed by atoms with Crippen LogP contribution in [0, 0.1) is 10.1 Å². The molecule has 2 aromatic rings. The average molecular weight is 356 g/mol. The first-order chi connectivity index (χ1) is 11.8. The van der Waals surface area contributed by atoms with Crippen molar-refractivity contribution in [3.63, 3.8) is 0 Å². The van der Waals surface area contributed by atoms with Gasteiger partial charge in [-0.2, -0.15) is 13.2 Å². The van der Waals surface area contributed by atoms with Gasteiger partial charge in [-0.05, 0) is 23.8 Å². The summed E-state index contributed by atoms with van der Waals surface area (Å²) in [6.07, 6.45) is -4.43. The number of halogens is 3. The lowest BCUT2D eigenvalue weighted by Crippen LogP contribution is -2.11. The zero-order valence-corrected chi connectivity index (χ0v) is 12.9. The highest BCUT2D eigenvalue weighted by atomic mass is 19.4. The molecule has 25 heavy (non-hydrogen) atoms. The third kappa shape index (κ3) is 5.05. The molecule has 3 N–H and O–H groups in total. The Hall–Kier alpha value is -2.88. The number of nitrogens with one attached hydrogen (secondary N) is 2. The van der Waals surface area contributed by atoms with Gasteiger partial charge in [-0.25, -0.2) is 4.98 Å². The third-order valence-electron chi connectivity index (χ3n) is 3.20. The van der Waals surface area contributed by atoms with E-state index in [9.17, 15) is 23.3 Å². The van der Waals surface area contributed by atoms with Crippen LogP contribution in [-0.2, 0) is 12.7 Å². The number of alkyl halides is 3. The second-order valence-corrected chi connectivity index (χ2v) is 5.02. The van der Waals surface area contributed by atoms with Crippen LogP contribution in [-0.4, -0.2) is 28.2 Å². The quantitative estimate of drug-likeness (QED) is 0.521. The molecule has 0 bridgehead atoms. The molecule has 10 heteroatoms. The fourth-order valence-electron chi connectivity index (χ4n) is 2.05. The number of anilines is 2. The Labute approximate surface area is 140 Å². The van der Waals surface area contributed by atoms with E-state index in [2.05, 4.69) is 15.6 Å². The van der Waals surface area contributed by atoms with E-state index in [0.29, 0.717) is 5.56 Å². The summed E-state index contributed by atoms with van der Waals surface area (Å²) in [5, 5.41) is 25.2. The molecular formula is C15H15F3N4O3. The SMILES string of the molecule is O=[N+]([O-])c1ccc(NCc2cccc(C(F)(F)F)c2)nc1NCCO. The van der Waals surface area contributed by atoms with Crippen molar-refractivity contribution in [2.75, 3.05) is 23.8 Å². The van der Waals surface area contributed by atoms with E-state index in [1.54, 1.807) is 0 Å². The van der Waals surface area contributed by atoms with Crippen molar-refractivity contribution in [1.29, 1.82) is 0 Å². The van der Waals surface area contributed by atoms with Crippen LogP contribution < -0.4 is 10.6 Å². The number of aliphatic hydroxyl groups excluding tert-OH is 1. The van der Waals surface area contributed by atoms with Gasteiger partial charge < -0.3 is 15.7 Å². The van der Waals surface area contributed by atoms with Gasteiger partial charge in [-0.15, -0.1) is 0 Å². The minimum atomic E-state index is -4.43. The predicted molar refractivity (Wildman–Crippen MR) is 85.2 cm³/mol. The summed E-state index contributed by atoms with van der Waals surface area (Å²) in [5.41, 5.74) is -0.633. The molecule has 0 spiro atoms. The highest BCUT2D eigenvalue weighted by Crippen LogP contribution is 2.30. The normalized spacial score (nSPS) is 11.2. The van der Waals surface area contributed by atoms with Gasteiger partial charge in [0.05, 0.1) is 17.1 Å². The van der Waals surface area contributed by atoms with Crippen LogP contribution in [0.2, 0.25) is 0 Å². The molecule has 0 aliphatic carbocycles. The van der Waals surface area contributed by atoms with Crippen molar-refractivity contribution in [2.45, 2.75) is 12.7 Å². The zero-order valence-electron chi connectivity index (χ0n) is 12.9. The molecule has 2 rings (SSSR count). The molecule has 0 aliphatic heterocycles. The van der Waals surface area contributed by atoms with Crippen molar-refractivity contribution in [3.05, 3.63) is 57.6 Å². The summed E-state index contributed by atoms with van der Waals surface area (Å²) >= 11 is 0. The number of rotatable bonds is 7. The summed E-state index contributed by atoms with van der Waals surface area (Å²) in [5.74, 6) is 0.219. The zero-order chi connectivity index (χ0) is 18.4. The summed E-state index contributed by atoms with van der Waals surface area (Å²) in [6.45, 7) is -0.0974. The smallest absolute Gasteiger partial charge is 0.395 e. The minimum Gasteiger partial charge on any atom is -0.395 e. The number of hydrogen-bond acceptors (Lipinski definition) is 6.